The molecule has 1 saturated heterocycles. The Morgan fingerprint density at radius 2 is 2.40 bits per heavy atom. The Kier molecular flexibility index (Phi) is 5.90. The van der Waals surface area contributed by atoms with Crippen molar-refractivity contribution in [2.24, 2.45) is 0 Å². The van der Waals surface area contributed by atoms with Crippen molar-refractivity contribution in [1.29, 1.82) is 0 Å². The van der Waals surface area contributed by atoms with E-state index in [1.165, 1.54) is 0 Å². The molecule has 2 heterocycles. The zero-order chi connectivity index (χ0) is 14.4. The maximum atomic E-state index is 9.64. The molecule has 2 rings (SSSR count). The van der Waals surface area contributed by atoms with E-state index in [1.807, 2.05) is 0 Å². The number of nitrogens with zero attached hydrogens (tertiary/aromatic N) is 3. The topological polar surface area (TPSA) is 80.9 Å². The highest BCUT2D eigenvalue weighted by Crippen LogP contribution is 2.20. The van der Waals surface area contributed by atoms with Gasteiger partial charge < -0.3 is 19.1 Å². The van der Waals surface area contributed by atoms with Gasteiger partial charge in [-0.15, -0.1) is 0 Å². The number of aliphatic hydroxyl groups is 1. The molecule has 0 aromatic carbocycles. The van der Waals surface area contributed by atoms with E-state index in [-0.39, 0.29) is 12.7 Å². The first-order valence-electron chi connectivity index (χ1n) is 7.06. The maximum Gasteiger partial charge on any atom is 0.229 e. The van der Waals surface area contributed by atoms with Crippen molar-refractivity contribution in [2.75, 3.05) is 40.0 Å². The van der Waals surface area contributed by atoms with Gasteiger partial charge in [0.1, 0.15) is 6.10 Å². The van der Waals surface area contributed by atoms with Crippen LogP contribution in [0.5, 0.6) is 0 Å². The van der Waals surface area contributed by atoms with Gasteiger partial charge in [-0.05, 0) is 13.0 Å². The molecule has 7 nitrogen and oxygen atoms in total. The first kappa shape index (κ1) is 15.4. The van der Waals surface area contributed by atoms with Crippen LogP contribution in [0.25, 0.3) is 0 Å². The molecule has 0 bridgehead atoms. The summed E-state index contributed by atoms with van der Waals surface area (Å²) in [6.07, 6.45) is 0.643. The Morgan fingerprint density at radius 1 is 1.55 bits per heavy atom. The van der Waals surface area contributed by atoms with Crippen LogP contribution in [-0.2, 0) is 15.9 Å². The summed E-state index contributed by atoms with van der Waals surface area (Å²) in [4.78, 5) is 6.64. The molecule has 0 spiro atoms. The van der Waals surface area contributed by atoms with Crippen molar-refractivity contribution in [2.45, 2.75) is 32.0 Å². The van der Waals surface area contributed by atoms with Crippen molar-refractivity contribution >= 4 is 0 Å². The molecule has 1 aromatic rings. The molecular formula is C13H23N3O4. The van der Waals surface area contributed by atoms with Gasteiger partial charge in [-0.3, -0.25) is 4.90 Å². The molecule has 1 aliphatic rings. The van der Waals surface area contributed by atoms with E-state index in [9.17, 15) is 5.11 Å². The number of aromatic nitrogens is 2. The molecule has 0 radical (unpaired) electrons. The van der Waals surface area contributed by atoms with Gasteiger partial charge in [-0.1, -0.05) is 12.1 Å². The van der Waals surface area contributed by atoms with E-state index >= 15 is 0 Å². The Bertz CT molecular complexity index is 397. The van der Waals surface area contributed by atoms with Crippen LogP contribution in [-0.4, -0.2) is 66.2 Å². The number of hydrogen-bond acceptors (Lipinski definition) is 7. The maximum absolute atomic E-state index is 9.64. The Morgan fingerprint density at radius 3 is 3.15 bits per heavy atom. The SMILES string of the molecule is CCCN1CCOC(c2noc(CC(O)COC)n2)C1. The largest absolute Gasteiger partial charge is 0.390 e. The van der Waals surface area contributed by atoms with Crippen molar-refractivity contribution in [3.63, 3.8) is 0 Å². The lowest BCUT2D eigenvalue weighted by Crippen LogP contribution is -2.39. The smallest absolute Gasteiger partial charge is 0.229 e. The molecule has 0 aliphatic carbocycles. The number of methoxy groups -OCH3 is 1. The van der Waals surface area contributed by atoms with E-state index in [1.54, 1.807) is 7.11 Å². The van der Waals surface area contributed by atoms with Gasteiger partial charge in [0.15, 0.2) is 0 Å². The second-order valence-electron chi connectivity index (χ2n) is 5.02. The van der Waals surface area contributed by atoms with Gasteiger partial charge in [-0.2, -0.15) is 4.98 Å². The second kappa shape index (κ2) is 7.68. The number of aliphatic hydroxyl groups excluding tert-OH is 1. The van der Waals surface area contributed by atoms with Crippen LogP contribution in [0.1, 0.15) is 31.2 Å². The predicted molar refractivity (Wildman–Crippen MR) is 71.3 cm³/mol. The quantitative estimate of drug-likeness (QED) is 0.776. The highest BCUT2D eigenvalue weighted by Gasteiger charge is 2.26. The van der Waals surface area contributed by atoms with Gasteiger partial charge in [0.2, 0.25) is 11.7 Å². The lowest BCUT2D eigenvalue weighted by molar-refractivity contribution is -0.0350. The van der Waals surface area contributed by atoms with Crippen molar-refractivity contribution in [3.8, 4) is 0 Å². The standard InChI is InChI=1S/C13H23N3O4/c1-3-4-16-5-6-19-11(8-16)13-14-12(20-15-13)7-10(17)9-18-2/h10-11,17H,3-9H2,1-2H3. The monoisotopic (exact) mass is 285 g/mol. The average molecular weight is 285 g/mol. The van der Waals surface area contributed by atoms with Crippen LogP contribution in [0.2, 0.25) is 0 Å². The third-order valence-corrected chi connectivity index (χ3v) is 3.23. The Hall–Kier alpha value is -1.02. The van der Waals surface area contributed by atoms with E-state index < -0.39 is 6.10 Å². The molecule has 1 aromatic heterocycles. The average Bonchev–Trinajstić information content (AvgIpc) is 2.88. The van der Waals surface area contributed by atoms with Gasteiger partial charge in [0.25, 0.3) is 0 Å². The zero-order valence-electron chi connectivity index (χ0n) is 12.1. The van der Waals surface area contributed by atoms with Gasteiger partial charge >= 0.3 is 0 Å². The molecule has 1 aliphatic heterocycles. The molecule has 1 fully saturated rings. The van der Waals surface area contributed by atoms with Gasteiger partial charge in [0, 0.05) is 20.2 Å². The van der Waals surface area contributed by atoms with Crippen LogP contribution in [0.4, 0.5) is 0 Å². The number of morpholine rings is 1. The van der Waals surface area contributed by atoms with Crippen LogP contribution in [0.15, 0.2) is 4.52 Å². The van der Waals surface area contributed by atoms with Crippen molar-refractivity contribution in [1.82, 2.24) is 15.0 Å². The summed E-state index contributed by atoms with van der Waals surface area (Å²) in [6, 6.07) is 0. The highest BCUT2D eigenvalue weighted by atomic mass is 16.5. The summed E-state index contributed by atoms with van der Waals surface area (Å²) in [5.74, 6) is 0.978. The Balaban J connectivity index is 1.90. The minimum Gasteiger partial charge on any atom is -0.390 e. The number of rotatable bonds is 7. The summed E-state index contributed by atoms with van der Waals surface area (Å²) in [6.45, 7) is 5.88. The number of ether oxygens (including phenoxy) is 2. The van der Waals surface area contributed by atoms with Crippen molar-refractivity contribution in [3.05, 3.63) is 11.7 Å². The van der Waals surface area contributed by atoms with Crippen LogP contribution in [0.3, 0.4) is 0 Å². The summed E-state index contributed by atoms with van der Waals surface area (Å²) >= 11 is 0. The lowest BCUT2D eigenvalue weighted by Gasteiger charge is -2.30. The summed E-state index contributed by atoms with van der Waals surface area (Å²) in [5.41, 5.74) is 0. The molecule has 20 heavy (non-hydrogen) atoms. The molecule has 0 saturated carbocycles. The van der Waals surface area contributed by atoms with Crippen molar-refractivity contribution < 1.29 is 19.1 Å². The van der Waals surface area contributed by atoms with Gasteiger partial charge in [-0.25, -0.2) is 0 Å². The third-order valence-electron chi connectivity index (χ3n) is 3.23. The van der Waals surface area contributed by atoms with Crippen LogP contribution < -0.4 is 0 Å². The van der Waals surface area contributed by atoms with E-state index in [2.05, 4.69) is 22.0 Å². The highest BCUT2D eigenvalue weighted by molar-refractivity contribution is 4.95. The molecule has 2 atom stereocenters. The summed E-state index contributed by atoms with van der Waals surface area (Å²) < 4.78 is 15.7. The lowest BCUT2D eigenvalue weighted by atomic mass is 10.2. The third kappa shape index (κ3) is 4.24. The molecule has 1 N–H and O–H groups in total. The van der Waals surface area contributed by atoms with Crippen LogP contribution in [0, 0.1) is 0 Å². The number of hydrogen-bond donors (Lipinski definition) is 1. The fraction of sp³-hybridized carbons (Fsp3) is 0.846. The van der Waals surface area contributed by atoms with E-state index in [0.717, 1.165) is 26.1 Å². The first-order chi connectivity index (χ1) is 9.72. The van der Waals surface area contributed by atoms with Crippen LogP contribution >= 0.6 is 0 Å². The molecule has 7 heteroatoms. The summed E-state index contributed by atoms with van der Waals surface area (Å²) in [7, 11) is 1.54. The summed E-state index contributed by atoms with van der Waals surface area (Å²) in [5, 5.41) is 13.6. The van der Waals surface area contributed by atoms with E-state index in [0.29, 0.717) is 24.7 Å². The van der Waals surface area contributed by atoms with E-state index in [4.69, 9.17) is 14.0 Å². The fourth-order valence-corrected chi connectivity index (χ4v) is 2.31. The minimum atomic E-state index is -0.628. The zero-order valence-corrected chi connectivity index (χ0v) is 12.1. The predicted octanol–water partition coefficient (Wildman–Crippen LogP) is 0.403. The molecular weight excluding hydrogens is 262 g/mol. The second-order valence-corrected chi connectivity index (χ2v) is 5.02. The molecule has 2 unspecified atom stereocenters. The first-order valence-corrected chi connectivity index (χ1v) is 7.06. The molecule has 0 amide bonds. The normalized spacial score (nSPS) is 22.1. The Labute approximate surface area is 118 Å². The minimum absolute atomic E-state index is 0.146. The molecule has 114 valence electrons. The van der Waals surface area contributed by atoms with Gasteiger partial charge in [0.05, 0.1) is 25.7 Å². The fourth-order valence-electron chi connectivity index (χ4n) is 2.31.